The van der Waals surface area contributed by atoms with Gasteiger partial charge in [0.25, 0.3) is 0 Å². The van der Waals surface area contributed by atoms with Crippen LogP contribution in [0.4, 0.5) is 5.69 Å². The summed E-state index contributed by atoms with van der Waals surface area (Å²) in [6.45, 7) is 5.88. The highest BCUT2D eigenvalue weighted by molar-refractivity contribution is 7.98. The van der Waals surface area contributed by atoms with Crippen LogP contribution in [0.25, 0.3) is 27.5 Å². The normalized spacial score (nSPS) is 19.4. The molecule has 6 bridgehead atoms. The van der Waals surface area contributed by atoms with Gasteiger partial charge in [-0.05, 0) is 75.6 Å². The first kappa shape index (κ1) is 30.7. The highest BCUT2D eigenvalue weighted by Gasteiger charge is 2.50. The average Bonchev–Trinajstić information content (AvgIpc) is 3.65. The second-order valence-electron chi connectivity index (χ2n) is 12.9. The number of aromatic nitrogens is 3. The van der Waals surface area contributed by atoms with Crippen LogP contribution in [-0.4, -0.2) is 39.5 Å². The smallest absolute Gasteiger partial charge is 0.391 e. The summed E-state index contributed by atoms with van der Waals surface area (Å²) in [5, 5.41) is 19.7. The molecular weight excluding hydrogens is 648 g/mol. The number of quaternary nitrogens is 1. The number of hydrogen-bond acceptors (Lipinski definition) is 6. The van der Waals surface area contributed by atoms with Crippen molar-refractivity contribution in [2.75, 3.05) is 13.7 Å². The van der Waals surface area contributed by atoms with E-state index in [1.54, 1.807) is 23.1 Å². The fourth-order valence-corrected chi connectivity index (χ4v) is 10.3. The molecule has 1 unspecified atom stereocenters. The van der Waals surface area contributed by atoms with E-state index in [0.29, 0.717) is 36.7 Å². The summed E-state index contributed by atoms with van der Waals surface area (Å²) in [7, 11) is 2.03. The van der Waals surface area contributed by atoms with Gasteiger partial charge in [-0.15, -0.1) is 23.1 Å². The molecule has 7 nitrogen and oxygen atoms in total. The Bertz CT molecular complexity index is 2130. The lowest BCUT2D eigenvalue weighted by atomic mass is 9.92. The summed E-state index contributed by atoms with van der Waals surface area (Å²) in [5.74, 6) is 0.710. The maximum Gasteiger partial charge on any atom is 0.391 e. The van der Waals surface area contributed by atoms with Crippen LogP contribution < -0.4 is 9.22 Å². The Hall–Kier alpha value is -3.63. The Morgan fingerprint density at radius 3 is 2.74 bits per heavy atom. The fraction of sp³-hybridized carbons (Fsp3) is 0.324. The van der Waals surface area contributed by atoms with E-state index in [9.17, 15) is 9.90 Å². The molecule has 5 heterocycles. The predicted molar refractivity (Wildman–Crippen MR) is 191 cm³/mol. The molecule has 3 aliphatic heterocycles. The van der Waals surface area contributed by atoms with Crippen LogP contribution in [0, 0.1) is 13.8 Å². The number of hydrogen-bond donors (Lipinski definition) is 1. The molecule has 0 amide bonds. The van der Waals surface area contributed by atoms with Crippen molar-refractivity contribution in [3.8, 4) is 16.9 Å². The minimum Gasteiger partial charge on any atom is -0.493 e. The van der Waals surface area contributed by atoms with Crippen molar-refractivity contribution >= 4 is 62.7 Å². The molecule has 0 aliphatic carbocycles. The maximum atomic E-state index is 13.4. The Kier molecular flexibility index (Phi) is 7.71. The third kappa shape index (κ3) is 5.10. The van der Waals surface area contributed by atoms with Gasteiger partial charge >= 0.3 is 5.97 Å². The number of carboxylic acid groups (broad SMARTS) is 1. The number of nitrogens with zero attached hydrogens (tertiary/aromatic N) is 4. The number of thiazole rings is 1. The second kappa shape index (κ2) is 11.8. The topological polar surface area (TPSA) is 77.2 Å². The maximum absolute atomic E-state index is 13.4. The standard InChI is InChI=1S/C37H35ClN4O3S2/c1-21-31-20-46-24-17-23-9-4-5-10-25(23)30(18-24)45-16-8-11-26-27-13-14-28(38)34(33-22(2)40-41-15-7-6-12-29(33)41)35(27)42(3,36(26)37(43)44)19-32(39-21)47-31/h4-5,9-10,13-14,17-18H,6-8,11-12,15-16,19-20H2,1-3H3/p+1. The number of fused-ring (bicyclic) bond motifs is 11. The van der Waals surface area contributed by atoms with Gasteiger partial charge in [0.2, 0.25) is 5.70 Å². The predicted octanol–water partition coefficient (Wildman–Crippen LogP) is 9.18. The first-order valence-corrected chi connectivity index (χ1v) is 18.4. The third-order valence-electron chi connectivity index (χ3n) is 9.83. The van der Waals surface area contributed by atoms with E-state index in [1.165, 1.54) is 10.6 Å². The highest BCUT2D eigenvalue weighted by Crippen LogP contribution is 2.55. The number of benzene rings is 3. The lowest BCUT2D eigenvalue weighted by Gasteiger charge is -2.32. The van der Waals surface area contributed by atoms with Gasteiger partial charge in [0.15, 0.2) is 5.69 Å². The number of carboxylic acids is 1. The molecule has 0 radical (unpaired) electrons. The lowest BCUT2D eigenvalue weighted by molar-refractivity contribution is -0.134. The minimum absolute atomic E-state index is 0.0873. The van der Waals surface area contributed by atoms with Crippen molar-refractivity contribution < 1.29 is 14.6 Å². The molecule has 0 saturated carbocycles. The summed E-state index contributed by atoms with van der Waals surface area (Å²) in [4.78, 5) is 20.8. The van der Waals surface area contributed by atoms with Gasteiger partial charge in [0.05, 0.1) is 35.6 Å². The van der Waals surface area contributed by atoms with Crippen LogP contribution in [-0.2, 0) is 30.1 Å². The molecule has 47 heavy (non-hydrogen) atoms. The fourth-order valence-electron chi connectivity index (χ4n) is 7.79. The molecule has 1 atom stereocenters. The first-order chi connectivity index (χ1) is 22.7. The van der Waals surface area contributed by atoms with Gasteiger partial charge in [-0.2, -0.15) is 5.10 Å². The van der Waals surface area contributed by atoms with Crippen LogP contribution >= 0.6 is 34.7 Å². The van der Waals surface area contributed by atoms with Crippen molar-refractivity contribution in [1.29, 1.82) is 0 Å². The van der Waals surface area contributed by atoms with Crippen molar-refractivity contribution in [2.45, 2.75) is 69.7 Å². The minimum atomic E-state index is -0.917. The van der Waals surface area contributed by atoms with Gasteiger partial charge in [0.1, 0.15) is 17.3 Å². The van der Waals surface area contributed by atoms with Crippen LogP contribution in [0.1, 0.15) is 58.2 Å². The Morgan fingerprint density at radius 1 is 1.04 bits per heavy atom. The van der Waals surface area contributed by atoms with Crippen LogP contribution in [0.3, 0.4) is 0 Å². The highest BCUT2D eigenvalue weighted by atomic mass is 35.5. The molecule has 3 aliphatic rings. The molecule has 8 rings (SSSR count). The van der Waals surface area contributed by atoms with E-state index < -0.39 is 5.97 Å². The van der Waals surface area contributed by atoms with Gasteiger partial charge in [-0.3, -0.25) is 4.68 Å². The van der Waals surface area contributed by atoms with E-state index in [1.807, 2.05) is 32.2 Å². The molecule has 0 spiro atoms. The summed E-state index contributed by atoms with van der Waals surface area (Å²) in [6.07, 6.45) is 4.34. The lowest BCUT2D eigenvalue weighted by Crippen LogP contribution is -2.44. The number of aliphatic carboxylic acids is 1. The van der Waals surface area contributed by atoms with Crippen molar-refractivity contribution in [3.63, 3.8) is 0 Å². The number of allylic oxidation sites excluding steroid dienone is 1. The number of carbonyl (C=O) groups is 1. The molecule has 10 heteroatoms. The van der Waals surface area contributed by atoms with E-state index in [0.717, 1.165) is 97.3 Å². The number of halogens is 1. The summed E-state index contributed by atoms with van der Waals surface area (Å²) in [6, 6.07) is 16.7. The Morgan fingerprint density at radius 2 is 1.89 bits per heavy atom. The zero-order chi connectivity index (χ0) is 32.4. The van der Waals surface area contributed by atoms with Crippen LogP contribution in [0.5, 0.6) is 5.75 Å². The quantitative estimate of drug-likeness (QED) is 0.187. The zero-order valence-electron chi connectivity index (χ0n) is 26.7. The van der Waals surface area contributed by atoms with Crippen molar-refractivity contribution in [1.82, 2.24) is 19.2 Å². The zero-order valence-corrected chi connectivity index (χ0v) is 29.1. The Balaban J connectivity index is 1.32. The summed E-state index contributed by atoms with van der Waals surface area (Å²) < 4.78 is 8.69. The van der Waals surface area contributed by atoms with E-state index in [-0.39, 0.29) is 4.48 Å². The van der Waals surface area contributed by atoms with Crippen LogP contribution in [0.15, 0.2) is 59.1 Å². The molecule has 5 aromatic rings. The summed E-state index contributed by atoms with van der Waals surface area (Å²) in [5.41, 5.74) is 8.15. The molecular formula is C37H36ClN4O3S2+. The van der Waals surface area contributed by atoms with E-state index in [2.05, 4.69) is 41.9 Å². The van der Waals surface area contributed by atoms with Crippen molar-refractivity contribution in [3.05, 3.63) is 91.8 Å². The largest absolute Gasteiger partial charge is 0.493 e. The molecule has 0 fully saturated rings. The molecule has 1 N–H and O–H groups in total. The SMILES string of the molecule is Cc1nc2sc1CSc1cc(c3ccccc3c1)OCCCC1=C(C(=O)O)[N+](C)(C2)c2c1ccc(Cl)c2-c1c(C)nn2c1CCCC2. The van der Waals surface area contributed by atoms with Gasteiger partial charge in [0, 0.05) is 49.9 Å². The van der Waals surface area contributed by atoms with Gasteiger partial charge in [-0.25, -0.2) is 14.3 Å². The monoisotopic (exact) mass is 683 g/mol. The van der Waals surface area contributed by atoms with Crippen LogP contribution in [0.2, 0.25) is 5.02 Å². The van der Waals surface area contributed by atoms with Gasteiger partial charge in [-0.1, -0.05) is 35.9 Å². The molecule has 0 saturated heterocycles. The summed E-state index contributed by atoms with van der Waals surface area (Å²) >= 11 is 10.6. The number of aryl methyl sites for hydroxylation is 3. The number of likely N-dealkylation sites (N-methyl/N-ethyl adjacent to an activating group) is 1. The molecule has 2 aromatic heterocycles. The number of ether oxygens (including phenoxy) is 1. The Labute approximate surface area is 287 Å². The number of thioether (sulfide) groups is 1. The van der Waals surface area contributed by atoms with E-state index >= 15 is 0 Å². The van der Waals surface area contributed by atoms with Gasteiger partial charge < -0.3 is 9.84 Å². The molecule has 3 aromatic carbocycles. The number of rotatable bonds is 2. The molecule has 240 valence electrons. The average molecular weight is 684 g/mol. The third-order valence-corrected chi connectivity index (χ3v) is 12.5. The van der Waals surface area contributed by atoms with E-state index in [4.69, 9.17) is 26.4 Å². The second-order valence-corrected chi connectivity index (χ2v) is 15.5. The van der Waals surface area contributed by atoms with Crippen molar-refractivity contribution in [2.24, 2.45) is 0 Å². The first-order valence-electron chi connectivity index (χ1n) is 16.2.